The highest BCUT2D eigenvalue weighted by Gasteiger charge is 2.54. The molecule has 0 aromatic rings. The fourth-order valence-electron chi connectivity index (χ4n) is 5.14. The fourth-order valence-corrected chi connectivity index (χ4v) is 11.5. The third-order valence-electron chi connectivity index (χ3n) is 7.14. The zero-order valence-electron chi connectivity index (χ0n) is 25.8. The van der Waals surface area contributed by atoms with Crippen molar-refractivity contribution < 1.29 is 28.5 Å². The van der Waals surface area contributed by atoms with Gasteiger partial charge in [-0.15, -0.1) is 47.0 Å². The lowest BCUT2D eigenvalue weighted by molar-refractivity contribution is -0.153. The molecule has 4 heterocycles. The van der Waals surface area contributed by atoms with Gasteiger partial charge in [0.05, 0.1) is 17.0 Å². The first kappa shape index (κ1) is 33.6. The van der Waals surface area contributed by atoms with Crippen molar-refractivity contribution in [1.29, 1.82) is 0 Å². The highest BCUT2D eigenvalue weighted by molar-refractivity contribution is 8.20. The molecule has 0 bridgehead atoms. The van der Waals surface area contributed by atoms with Gasteiger partial charge in [0.2, 0.25) is 5.90 Å². The Morgan fingerprint density at radius 2 is 1.38 bits per heavy atom. The van der Waals surface area contributed by atoms with Crippen LogP contribution in [0.5, 0.6) is 0 Å². The molecule has 0 radical (unpaired) electrons. The molecule has 0 saturated carbocycles. The lowest BCUT2D eigenvalue weighted by Gasteiger charge is -2.39. The van der Waals surface area contributed by atoms with Gasteiger partial charge in [-0.25, -0.2) is 19.6 Å². The van der Waals surface area contributed by atoms with Crippen LogP contribution >= 0.6 is 47.0 Å². The average Bonchev–Trinajstić information content (AvgIpc) is 3.48. The molecule has 42 heavy (non-hydrogen) atoms. The molecule has 12 heteroatoms. The number of ether oxygens (including phenoxy) is 4. The number of nitrogens with zero attached hydrogens (tertiary/aromatic N) is 2. The monoisotopic (exact) mass is 656 g/mol. The van der Waals surface area contributed by atoms with Crippen molar-refractivity contribution in [1.82, 2.24) is 0 Å². The summed E-state index contributed by atoms with van der Waals surface area (Å²) in [7, 11) is 0. The smallest absolute Gasteiger partial charge is 0.333 e. The summed E-state index contributed by atoms with van der Waals surface area (Å²) in [5.41, 5.74) is -0.611. The fraction of sp³-hybridized carbons (Fsp3) is 0.733. The normalized spacial score (nSPS) is 34.7. The van der Waals surface area contributed by atoms with Gasteiger partial charge in [-0.05, 0) is 46.1 Å². The summed E-state index contributed by atoms with van der Waals surface area (Å²) in [4.78, 5) is 37.0. The Bertz CT molecular complexity index is 1150. The quantitative estimate of drug-likeness (QED) is 0.150. The maximum Gasteiger partial charge on any atom is 0.333 e. The van der Waals surface area contributed by atoms with Crippen LogP contribution in [0.2, 0.25) is 0 Å². The van der Waals surface area contributed by atoms with Gasteiger partial charge in [0.15, 0.2) is 14.1 Å². The topological polar surface area (TPSA) is 95.8 Å². The largest absolute Gasteiger partial charge is 0.478 e. The maximum atomic E-state index is 13.8. The van der Waals surface area contributed by atoms with Crippen molar-refractivity contribution in [2.75, 3.05) is 37.9 Å². The molecule has 6 atom stereocenters. The molecule has 0 fully saturated rings. The lowest BCUT2D eigenvalue weighted by atomic mass is 10.0. The second-order valence-corrected chi connectivity index (χ2v) is 18.5. The van der Waals surface area contributed by atoms with Gasteiger partial charge < -0.3 is 18.9 Å². The van der Waals surface area contributed by atoms with Crippen LogP contribution in [0.4, 0.5) is 0 Å². The third-order valence-corrected chi connectivity index (χ3v) is 13.6. The second-order valence-electron chi connectivity index (χ2n) is 12.0. The SMILES string of the molecule is CCS[C@@]1(C(=O)OCCOC(=O)[C@]2(SCC)S[C@H](C)C=CC2C2=NC(C)(C)CO2)S[C@H](C2=NC(C)(C)CO2)C=CC1C. The molecule has 8 nitrogen and oxygen atoms in total. The summed E-state index contributed by atoms with van der Waals surface area (Å²) in [6.07, 6.45) is 8.24. The molecule has 0 aliphatic carbocycles. The molecule has 4 aliphatic rings. The number of carbonyl (C=O) groups excluding carboxylic acids is 2. The molecule has 0 aromatic heterocycles. The minimum atomic E-state index is -0.938. The summed E-state index contributed by atoms with van der Waals surface area (Å²) in [5.74, 6) is 1.58. The van der Waals surface area contributed by atoms with Gasteiger partial charge in [-0.2, -0.15) is 0 Å². The number of hydrogen-bond donors (Lipinski definition) is 0. The third kappa shape index (κ3) is 7.18. The number of carbonyl (C=O) groups is 2. The van der Waals surface area contributed by atoms with Crippen LogP contribution in [0, 0.1) is 11.8 Å². The van der Waals surface area contributed by atoms with E-state index in [9.17, 15) is 9.59 Å². The van der Waals surface area contributed by atoms with Crippen molar-refractivity contribution in [3.63, 3.8) is 0 Å². The first-order chi connectivity index (χ1) is 19.8. The zero-order valence-corrected chi connectivity index (χ0v) is 29.1. The van der Waals surface area contributed by atoms with Crippen molar-refractivity contribution in [2.45, 2.75) is 85.1 Å². The van der Waals surface area contributed by atoms with E-state index in [2.05, 4.69) is 25.2 Å². The van der Waals surface area contributed by atoms with Crippen LogP contribution in [0.25, 0.3) is 0 Å². The van der Waals surface area contributed by atoms with E-state index in [0.29, 0.717) is 25.0 Å². The van der Waals surface area contributed by atoms with Gasteiger partial charge in [0.25, 0.3) is 0 Å². The highest BCUT2D eigenvalue weighted by Crippen LogP contribution is 2.52. The number of esters is 2. The van der Waals surface area contributed by atoms with Crippen LogP contribution in [0.1, 0.15) is 55.4 Å². The number of hydrogen-bond acceptors (Lipinski definition) is 12. The molecular formula is C30H44N2O6S4. The standard InChI is InChI=1S/C30H44N2O6S4/c1-9-39-29(19(3)11-14-22(42-29)24-32-28(7,8)18-38-24)25(33)35-15-16-36-26(34)30(40-10-2)21(13-12-20(4)41-30)23-31-27(5,6)17-37-23/h11-14,19-22H,9-10,15-18H2,1-8H3/t19?,20-,21?,22+,29-,30-/m1/s1. The minimum Gasteiger partial charge on any atom is -0.478 e. The molecule has 0 N–H and O–H groups in total. The summed E-state index contributed by atoms with van der Waals surface area (Å²) >= 11 is 6.19. The van der Waals surface area contributed by atoms with E-state index in [-0.39, 0.29) is 58.6 Å². The molecule has 0 aromatic carbocycles. The Morgan fingerprint density at radius 3 is 1.93 bits per heavy atom. The second kappa shape index (κ2) is 13.4. The van der Waals surface area contributed by atoms with Crippen LogP contribution in [0.15, 0.2) is 34.3 Å². The minimum absolute atomic E-state index is 0.0270. The summed E-state index contributed by atoms with van der Waals surface area (Å²) in [6, 6.07) is 0. The Labute approximate surface area is 267 Å². The molecule has 4 rings (SSSR count). The van der Waals surface area contributed by atoms with E-state index in [0.717, 1.165) is 11.5 Å². The van der Waals surface area contributed by atoms with Crippen molar-refractivity contribution >= 4 is 70.8 Å². The first-order valence-corrected chi connectivity index (χ1v) is 18.3. The number of allylic oxidation sites excluding steroid dienone is 1. The van der Waals surface area contributed by atoms with Gasteiger partial charge in [0, 0.05) is 11.2 Å². The van der Waals surface area contributed by atoms with Gasteiger partial charge in [0.1, 0.15) is 31.7 Å². The van der Waals surface area contributed by atoms with E-state index in [4.69, 9.17) is 28.9 Å². The van der Waals surface area contributed by atoms with Gasteiger partial charge in [-0.3, -0.25) is 0 Å². The van der Waals surface area contributed by atoms with Crippen LogP contribution < -0.4 is 0 Å². The van der Waals surface area contributed by atoms with Crippen molar-refractivity contribution in [3.8, 4) is 0 Å². The van der Waals surface area contributed by atoms with Crippen LogP contribution in [0.3, 0.4) is 0 Å². The molecule has 234 valence electrons. The van der Waals surface area contributed by atoms with Gasteiger partial charge in [-0.1, -0.05) is 45.1 Å². The van der Waals surface area contributed by atoms with E-state index < -0.39 is 8.16 Å². The van der Waals surface area contributed by atoms with Crippen molar-refractivity contribution in [2.24, 2.45) is 21.8 Å². The molecule has 2 unspecified atom stereocenters. The predicted molar refractivity (Wildman–Crippen MR) is 178 cm³/mol. The van der Waals surface area contributed by atoms with E-state index in [1.54, 1.807) is 35.3 Å². The first-order valence-electron chi connectivity index (χ1n) is 14.6. The predicted octanol–water partition coefficient (Wildman–Crippen LogP) is 6.00. The summed E-state index contributed by atoms with van der Waals surface area (Å²) in [6.45, 7) is 17.2. The molecule has 0 amide bonds. The average molecular weight is 657 g/mol. The zero-order chi connectivity index (χ0) is 30.8. The van der Waals surface area contributed by atoms with E-state index in [1.165, 1.54) is 11.8 Å². The Hall–Kier alpha value is -1.24. The number of aliphatic imine (C=N–C) groups is 2. The summed E-state index contributed by atoms with van der Waals surface area (Å²) < 4.78 is 21.8. The number of thioether (sulfide) groups is 4. The lowest BCUT2D eigenvalue weighted by Crippen LogP contribution is -2.47. The van der Waals surface area contributed by atoms with Crippen molar-refractivity contribution in [3.05, 3.63) is 24.3 Å². The van der Waals surface area contributed by atoms with Crippen LogP contribution in [-0.2, 0) is 28.5 Å². The van der Waals surface area contributed by atoms with E-state index >= 15 is 0 Å². The molecule has 0 spiro atoms. The van der Waals surface area contributed by atoms with Gasteiger partial charge >= 0.3 is 11.9 Å². The van der Waals surface area contributed by atoms with E-state index in [1.807, 2.05) is 54.5 Å². The Balaban J connectivity index is 1.43. The molecule has 4 aliphatic heterocycles. The van der Waals surface area contributed by atoms with Crippen LogP contribution in [-0.4, -0.2) is 91.4 Å². The summed E-state index contributed by atoms with van der Waals surface area (Å²) in [5, 5.41) is -0.0456. The number of rotatable bonds is 11. The maximum absolute atomic E-state index is 13.8. The Morgan fingerprint density at radius 1 is 0.833 bits per heavy atom. The highest BCUT2D eigenvalue weighted by atomic mass is 32.2. The molecule has 0 saturated heterocycles. The molecular weight excluding hydrogens is 613 g/mol. The Kier molecular flexibility index (Phi) is 10.7.